The van der Waals surface area contributed by atoms with Crippen LogP contribution >= 0.6 is 0 Å². The van der Waals surface area contributed by atoms with Gasteiger partial charge in [-0.3, -0.25) is 0 Å². The summed E-state index contributed by atoms with van der Waals surface area (Å²) >= 11 is 0. The third kappa shape index (κ3) is 5.13. The molecule has 0 fully saturated rings. The molecule has 0 aromatic heterocycles. The molecular weight excluding hydrogens is 273 g/mol. The van der Waals surface area contributed by atoms with E-state index in [0.29, 0.717) is 0 Å². The van der Waals surface area contributed by atoms with Crippen molar-refractivity contribution in [2.45, 2.75) is 33.1 Å². The molecule has 4 N–H and O–H groups in total. The summed E-state index contributed by atoms with van der Waals surface area (Å²) in [5.74, 6) is 0.107. The van der Waals surface area contributed by atoms with E-state index >= 15 is 0 Å². The predicted octanol–water partition coefficient (Wildman–Crippen LogP) is 3.19. The largest absolute Gasteiger partial charge is 0.494 e. The summed E-state index contributed by atoms with van der Waals surface area (Å²) in [6.07, 6.45) is 2.70. The van der Waals surface area contributed by atoms with E-state index in [4.69, 9.17) is 15.7 Å². The molecule has 21 heavy (non-hydrogen) atoms. The Morgan fingerprint density at radius 2 is 2.14 bits per heavy atom. The predicted molar refractivity (Wildman–Crippen MR) is 82.5 cm³/mol. The van der Waals surface area contributed by atoms with Gasteiger partial charge in [-0.2, -0.15) is 0 Å². The maximum absolute atomic E-state index is 13.3. The maximum Gasteiger partial charge on any atom is 0.165 e. The van der Waals surface area contributed by atoms with Crippen molar-refractivity contribution in [3.8, 4) is 5.75 Å². The standard InChI is InChI=1S/C15H24FN3O2/c1-15(2,14(17)19-20)8-4-5-9-18-11-6-7-12(16)13(10-11)21-3/h6-7,10,18,20H,4-5,8-9H2,1-3H3,(H2,17,19). The minimum absolute atomic E-state index is 0.230. The Balaban J connectivity index is 2.35. The summed E-state index contributed by atoms with van der Waals surface area (Å²) in [4.78, 5) is 0. The Hall–Kier alpha value is -1.98. The van der Waals surface area contributed by atoms with Gasteiger partial charge in [-0.25, -0.2) is 4.39 Å². The van der Waals surface area contributed by atoms with Crippen LogP contribution in [0.25, 0.3) is 0 Å². The van der Waals surface area contributed by atoms with Crippen LogP contribution in [0, 0.1) is 11.2 Å². The molecular formula is C15H24FN3O2. The molecule has 0 aliphatic carbocycles. The quantitative estimate of drug-likeness (QED) is 0.226. The molecule has 0 saturated carbocycles. The molecule has 0 radical (unpaired) electrons. The average Bonchev–Trinajstić information content (AvgIpc) is 2.47. The topological polar surface area (TPSA) is 79.9 Å². The number of anilines is 1. The van der Waals surface area contributed by atoms with Crippen LogP contribution in [0.3, 0.4) is 0 Å². The van der Waals surface area contributed by atoms with Gasteiger partial charge in [-0.1, -0.05) is 25.4 Å². The molecule has 1 rings (SSSR count). The van der Waals surface area contributed by atoms with Crippen molar-refractivity contribution in [2.24, 2.45) is 16.3 Å². The number of hydrogen-bond acceptors (Lipinski definition) is 4. The Kier molecular flexibility index (Phi) is 6.27. The Morgan fingerprint density at radius 1 is 1.43 bits per heavy atom. The van der Waals surface area contributed by atoms with Crippen LogP contribution in [0.4, 0.5) is 10.1 Å². The van der Waals surface area contributed by atoms with E-state index < -0.39 is 0 Å². The lowest BCUT2D eigenvalue weighted by atomic mass is 9.86. The van der Waals surface area contributed by atoms with Gasteiger partial charge in [-0.15, -0.1) is 0 Å². The van der Waals surface area contributed by atoms with E-state index in [1.165, 1.54) is 13.2 Å². The van der Waals surface area contributed by atoms with E-state index in [0.717, 1.165) is 31.5 Å². The Morgan fingerprint density at radius 3 is 2.76 bits per heavy atom. The summed E-state index contributed by atoms with van der Waals surface area (Å²) in [7, 11) is 1.44. The lowest BCUT2D eigenvalue weighted by molar-refractivity contribution is 0.304. The minimum Gasteiger partial charge on any atom is -0.494 e. The first-order chi connectivity index (χ1) is 9.90. The van der Waals surface area contributed by atoms with Crippen molar-refractivity contribution in [1.82, 2.24) is 0 Å². The van der Waals surface area contributed by atoms with Gasteiger partial charge in [0.25, 0.3) is 0 Å². The highest BCUT2D eigenvalue weighted by Crippen LogP contribution is 2.24. The number of hydrogen-bond donors (Lipinski definition) is 3. The fourth-order valence-electron chi connectivity index (χ4n) is 1.96. The number of oxime groups is 1. The Bertz CT molecular complexity index is 490. The number of nitrogens with two attached hydrogens (primary N) is 1. The zero-order valence-electron chi connectivity index (χ0n) is 12.8. The van der Waals surface area contributed by atoms with Gasteiger partial charge in [0.05, 0.1) is 7.11 Å². The van der Waals surface area contributed by atoms with Crippen molar-refractivity contribution < 1.29 is 14.3 Å². The molecule has 0 aliphatic heterocycles. The molecule has 118 valence electrons. The van der Waals surface area contributed by atoms with Crippen molar-refractivity contribution >= 4 is 11.5 Å². The molecule has 0 aliphatic rings. The van der Waals surface area contributed by atoms with Crippen LogP contribution in [0.1, 0.15) is 33.1 Å². The normalized spacial score (nSPS) is 12.3. The second-order valence-electron chi connectivity index (χ2n) is 5.60. The van der Waals surface area contributed by atoms with Crippen LogP contribution < -0.4 is 15.8 Å². The van der Waals surface area contributed by atoms with Crippen molar-refractivity contribution in [3.63, 3.8) is 0 Å². The monoisotopic (exact) mass is 297 g/mol. The Labute approximate surface area is 125 Å². The fourth-order valence-corrected chi connectivity index (χ4v) is 1.96. The molecule has 1 aromatic carbocycles. The molecule has 0 atom stereocenters. The minimum atomic E-state index is -0.372. The highest BCUT2D eigenvalue weighted by molar-refractivity contribution is 5.85. The van der Waals surface area contributed by atoms with Crippen LogP contribution in [-0.4, -0.2) is 24.7 Å². The number of methoxy groups -OCH3 is 1. The van der Waals surface area contributed by atoms with Gasteiger partial charge in [0.2, 0.25) is 0 Å². The van der Waals surface area contributed by atoms with E-state index in [1.807, 2.05) is 13.8 Å². The molecule has 0 heterocycles. The van der Waals surface area contributed by atoms with Gasteiger partial charge < -0.3 is 21.0 Å². The van der Waals surface area contributed by atoms with Crippen molar-refractivity contribution in [2.75, 3.05) is 19.0 Å². The highest BCUT2D eigenvalue weighted by Gasteiger charge is 2.22. The number of nitrogens with zero attached hydrogens (tertiary/aromatic N) is 1. The zero-order chi connectivity index (χ0) is 15.9. The third-order valence-electron chi connectivity index (χ3n) is 3.51. The van der Waals surface area contributed by atoms with E-state index in [2.05, 4.69) is 10.5 Å². The lowest BCUT2D eigenvalue weighted by Crippen LogP contribution is -2.31. The van der Waals surface area contributed by atoms with Crippen molar-refractivity contribution in [3.05, 3.63) is 24.0 Å². The summed E-state index contributed by atoms with van der Waals surface area (Å²) < 4.78 is 18.2. The fraction of sp³-hybridized carbons (Fsp3) is 0.533. The molecule has 0 saturated heterocycles. The van der Waals surface area contributed by atoms with Crippen LogP contribution in [0.2, 0.25) is 0 Å². The molecule has 1 aromatic rings. The first-order valence-corrected chi connectivity index (χ1v) is 6.96. The number of rotatable bonds is 8. The number of ether oxygens (including phenoxy) is 1. The van der Waals surface area contributed by atoms with Crippen LogP contribution in [0.15, 0.2) is 23.4 Å². The summed E-state index contributed by atoms with van der Waals surface area (Å²) in [5, 5.41) is 15.0. The zero-order valence-corrected chi connectivity index (χ0v) is 12.8. The first-order valence-electron chi connectivity index (χ1n) is 6.96. The number of amidine groups is 1. The van der Waals surface area contributed by atoms with E-state index in [9.17, 15) is 4.39 Å². The summed E-state index contributed by atoms with van der Waals surface area (Å²) in [5.41, 5.74) is 6.15. The summed E-state index contributed by atoms with van der Waals surface area (Å²) in [6.45, 7) is 4.65. The third-order valence-corrected chi connectivity index (χ3v) is 3.51. The first kappa shape index (κ1) is 17.1. The summed E-state index contributed by atoms with van der Waals surface area (Å²) in [6, 6.07) is 4.69. The number of halogens is 1. The second kappa shape index (κ2) is 7.71. The van der Waals surface area contributed by atoms with Gasteiger partial charge in [0, 0.05) is 23.7 Å². The number of benzene rings is 1. The molecule has 0 amide bonds. The molecule has 5 nitrogen and oxygen atoms in total. The molecule has 0 unspecified atom stereocenters. The lowest BCUT2D eigenvalue weighted by Gasteiger charge is -2.22. The number of nitrogens with one attached hydrogen (secondary N) is 1. The second-order valence-corrected chi connectivity index (χ2v) is 5.60. The molecule has 0 spiro atoms. The van der Waals surface area contributed by atoms with Gasteiger partial charge in [0.15, 0.2) is 11.6 Å². The molecule has 0 bridgehead atoms. The SMILES string of the molecule is COc1cc(NCCCCC(C)(C)/C(N)=N/O)ccc1F. The van der Waals surface area contributed by atoms with Crippen molar-refractivity contribution in [1.29, 1.82) is 0 Å². The molecule has 6 heteroatoms. The van der Waals surface area contributed by atoms with Crippen LogP contribution in [-0.2, 0) is 0 Å². The van der Waals surface area contributed by atoms with E-state index in [-0.39, 0.29) is 22.8 Å². The van der Waals surface area contributed by atoms with Gasteiger partial charge >= 0.3 is 0 Å². The highest BCUT2D eigenvalue weighted by atomic mass is 19.1. The van der Waals surface area contributed by atoms with E-state index in [1.54, 1.807) is 12.1 Å². The number of unbranched alkanes of at least 4 members (excludes halogenated alkanes) is 1. The smallest absolute Gasteiger partial charge is 0.165 e. The van der Waals surface area contributed by atoms with Crippen LogP contribution in [0.5, 0.6) is 5.75 Å². The average molecular weight is 297 g/mol. The maximum atomic E-state index is 13.3. The van der Waals surface area contributed by atoms with Gasteiger partial charge in [0.1, 0.15) is 5.84 Å². The van der Waals surface area contributed by atoms with Gasteiger partial charge in [-0.05, 0) is 25.0 Å².